The number of alkyl halides is 2. The van der Waals surface area contributed by atoms with Gasteiger partial charge in [0.15, 0.2) is 17.6 Å². The lowest BCUT2D eigenvalue weighted by molar-refractivity contribution is 0.0759. The molecule has 0 aromatic carbocycles. The minimum atomic E-state index is -2.05. The summed E-state index contributed by atoms with van der Waals surface area (Å²) < 4.78 is 29.1. The predicted molar refractivity (Wildman–Crippen MR) is 113 cm³/mol. The van der Waals surface area contributed by atoms with Crippen molar-refractivity contribution in [1.82, 2.24) is 25.1 Å². The van der Waals surface area contributed by atoms with E-state index < -0.39 is 24.3 Å². The number of rotatable bonds is 7. The van der Waals surface area contributed by atoms with Crippen molar-refractivity contribution in [2.45, 2.75) is 45.6 Å². The van der Waals surface area contributed by atoms with Crippen molar-refractivity contribution in [3.8, 4) is 5.82 Å². The summed E-state index contributed by atoms with van der Waals surface area (Å²) >= 11 is 5.97. The second-order valence-corrected chi connectivity index (χ2v) is 8.19. The number of hydrogen-bond acceptors (Lipinski definition) is 5. The third-order valence-corrected chi connectivity index (χ3v) is 4.56. The number of fused-ring (bicyclic) bond motifs is 1. The van der Waals surface area contributed by atoms with E-state index in [9.17, 15) is 13.6 Å². The zero-order valence-electron chi connectivity index (χ0n) is 17.1. The summed E-state index contributed by atoms with van der Waals surface area (Å²) in [6.45, 7) is 5.64. The Morgan fingerprint density at radius 2 is 1.97 bits per heavy atom. The number of carbonyl (C=O) groups is 1. The lowest BCUT2D eigenvalue weighted by Crippen LogP contribution is -2.39. The molecule has 0 aliphatic rings. The van der Waals surface area contributed by atoms with Gasteiger partial charge in [-0.15, -0.1) is 0 Å². The Hall–Kier alpha value is -2.81. The molecule has 1 amide bonds. The van der Waals surface area contributed by atoms with E-state index in [2.05, 4.69) is 25.7 Å². The molecule has 7 nitrogen and oxygen atoms in total. The summed E-state index contributed by atoms with van der Waals surface area (Å²) in [6, 6.07) is 3.41. The summed E-state index contributed by atoms with van der Waals surface area (Å²) in [4.78, 5) is 21.2. The van der Waals surface area contributed by atoms with Crippen molar-refractivity contribution in [2.24, 2.45) is 0 Å². The van der Waals surface area contributed by atoms with Gasteiger partial charge >= 0.3 is 0 Å². The maximum absolute atomic E-state index is 13.9. The quantitative estimate of drug-likeness (QED) is 0.582. The Labute approximate surface area is 177 Å². The molecule has 0 saturated heterocycles. The monoisotopic (exact) mass is 436 g/mol. The van der Waals surface area contributed by atoms with Crippen LogP contribution in [-0.2, 0) is 0 Å². The van der Waals surface area contributed by atoms with Crippen molar-refractivity contribution in [1.29, 1.82) is 0 Å². The number of nitrogens with zero attached hydrogens (tertiary/aromatic N) is 4. The summed E-state index contributed by atoms with van der Waals surface area (Å²) in [5, 5.41) is 11.1. The van der Waals surface area contributed by atoms with Crippen LogP contribution in [-0.4, -0.2) is 50.1 Å². The van der Waals surface area contributed by atoms with E-state index in [1.54, 1.807) is 18.3 Å². The van der Waals surface area contributed by atoms with Crippen LogP contribution in [0.2, 0.25) is 5.02 Å². The number of halogens is 3. The SMILES string of the molecule is CC(C)Nc1cc(-n2ncc3cc(Cl)cnc32)ncc1C(=O)NC[C@@H](F)C(C)(C)F. The first-order valence-electron chi connectivity index (χ1n) is 9.43. The van der Waals surface area contributed by atoms with E-state index in [4.69, 9.17) is 11.6 Å². The average Bonchev–Trinajstić information content (AvgIpc) is 3.07. The van der Waals surface area contributed by atoms with E-state index in [1.807, 2.05) is 13.8 Å². The van der Waals surface area contributed by atoms with E-state index in [-0.39, 0.29) is 11.6 Å². The Bertz CT molecular complexity index is 1060. The van der Waals surface area contributed by atoms with Crippen LogP contribution in [0.4, 0.5) is 14.5 Å². The minimum absolute atomic E-state index is 0.0109. The van der Waals surface area contributed by atoms with Crippen molar-refractivity contribution in [3.05, 3.63) is 41.3 Å². The highest BCUT2D eigenvalue weighted by Gasteiger charge is 2.29. The smallest absolute Gasteiger partial charge is 0.255 e. The van der Waals surface area contributed by atoms with Gasteiger partial charge in [-0.1, -0.05) is 11.6 Å². The van der Waals surface area contributed by atoms with E-state index in [1.165, 1.54) is 17.1 Å². The van der Waals surface area contributed by atoms with Crippen LogP contribution in [0.5, 0.6) is 0 Å². The minimum Gasteiger partial charge on any atom is -0.382 e. The van der Waals surface area contributed by atoms with E-state index in [0.717, 1.165) is 19.2 Å². The molecule has 1 atom stereocenters. The predicted octanol–water partition coefficient (Wildman–Crippen LogP) is 4.11. The van der Waals surface area contributed by atoms with Crippen molar-refractivity contribution in [3.63, 3.8) is 0 Å². The van der Waals surface area contributed by atoms with Crippen LogP contribution in [0.3, 0.4) is 0 Å². The van der Waals surface area contributed by atoms with Crippen molar-refractivity contribution >= 4 is 34.2 Å². The highest BCUT2D eigenvalue weighted by Crippen LogP contribution is 2.23. The van der Waals surface area contributed by atoms with Gasteiger partial charge in [-0.05, 0) is 33.8 Å². The number of nitrogens with one attached hydrogen (secondary N) is 2. The molecule has 0 unspecified atom stereocenters. The van der Waals surface area contributed by atoms with Crippen LogP contribution >= 0.6 is 11.6 Å². The van der Waals surface area contributed by atoms with Crippen LogP contribution in [0, 0.1) is 0 Å². The maximum Gasteiger partial charge on any atom is 0.255 e. The number of aromatic nitrogens is 4. The molecule has 0 fully saturated rings. The number of pyridine rings is 2. The van der Waals surface area contributed by atoms with Crippen LogP contribution in [0.15, 0.2) is 30.7 Å². The number of anilines is 1. The standard InChI is InChI=1S/C20H23ClF2N6O/c1-11(2)28-15-6-17(29-18-12(7-27-29)5-13(21)8-25-18)24-9-14(15)19(30)26-10-16(22)20(3,4)23/h5-9,11,16H,10H2,1-4H3,(H,24,28)(H,26,30)/t16-/m1/s1. The van der Waals surface area contributed by atoms with Crippen LogP contribution < -0.4 is 10.6 Å². The van der Waals surface area contributed by atoms with Crippen LogP contribution in [0.25, 0.3) is 16.9 Å². The highest BCUT2D eigenvalue weighted by molar-refractivity contribution is 6.31. The van der Waals surface area contributed by atoms with Gasteiger partial charge in [0, 0.05) is 29.9 Å². The molecule has 10 heteroatoms. The summed E-state index contributed by atoms with van der Waals surface area (Å²) in [5.74, 6) is -0.118. The first-order chi connectivity index (χ1) is 14.1. The summed E-state index contributed by atoms with van der Waals surface area (Å²) in [6.07, 6.45) is 2.67. The van der Waals surface area contributed by atoms with E-state index >= 15 is 0 Å². The van der Waals surface area contributed by atoms with E-state index in [0.29, 0.717) is 22.2 Å². The fourth-order valence-corrected chi connectivity index (χ4v) is 2.92. The largest absolute Gasteiger partial charge is 0.382 e. The van der Waals surface area contributed by atoms with Gasteiger partial charge in [-0.25, -0.2) is 18.7 Å². The third-order valence-electron chi connectivity index (χ3n) is 4.36. The molecule has 0 saturated carbocycles. The van der Waals surface area contributed by atoms with Gasteiger partial charge < -0.3 is 10.6 Å². The molecule has 0 bridgehead atoms. The molecule has 0 aliphatic carbocycles. The molecule has 3 aromatic rings. The molecule has 0 radical (unpaired) electrons. The summed E-state index contributed by atoms with van der Waals surface area (Å²) in [5.41, 5.74) is -0.792. The first kappa shape index (κ1) is 21.9. The van der Waals surface area contributed by atoms with Gasteiger partial charge in [0.25, 0.3) is 5.91 Å². The average molecular weight is 437 g/mol. The molecule has 3 rings (SSSR count). The maximum atomic E-state index is 13.9. The number of amides is 1. The molecule has 30 heavy (non-hydrogen) atoms. The van der Waals surface area contributed by atoms with Gasteiger partial charge in [-0.3, -0.25) is 4.79 Å². The molecular weight excluding hydrogens is 414 g/mol. The zero-order valence-corrected chi connectivity index (χ0v) is 17.8. The van der Waals surface area contributed by atoms with Gasteiger partial charge in [0.1, 0.15) is 5.67 Å². The van der Waals surface area contributed by atoms with Gasteiger partial charge in [0.2, 0.25) is 0 Å². The Morgan fingerprint density at radius 1 is 1.23 bits per heavy atom. The molecule has 2 N–H and O–H groups in total. The van der Waals surface area contributed by atoms with Crippen molar-refractivity contribution < 1.29 is 13.6 Å². The Morgan fingerprint density at radius 3 is 2.63 bits per heavy atom. The van der Waals surface area contributed by atoms with Crippen LogP contribution in [0.1, 0.15) is 38.1 Å². The number of carbonyl (C=O) groups excluding carboxylic acids is 1. The Kier molecular flexibility index (Phi) is 6.21. The molecule has 0 spiro atoms. The second kappa shape index (κ2) is 8.51. The third kappa shape index (κ3) is 4.84. The topological polar surface area (TPSA) is 84.7 Å². The first-order valence-corrected chi connectivity index (χ1v) is 9.81. The highest BCUT2D eigenvalue weighted by atomic mass is 35.5. The van der Waals surface area contributed by atoms with Gasteiger partial charge in [-0.2, -0.15) is 9.78 Å². The molecule has 160 valence electrons. The molecular formula is C20H23ClF2N6O. The molecule has 3 heterocycles. The lowest BCUT2D eigenvalue weighted by Gasteiger charge is -2.20. The number of hydrogen-bond donors (Lipinski definition) is 2. The lowest BCUT2D eigenvalue weighted by atomic mass is 10.1. The van der Waals surface area contributed by atoms with Crippen molar-refractivity contribution in [2.75, 3.05) is 11.9 Å². The fraction of sp³-hybridized carbons (Fsp3) is 0.400. The molecule has 0 aliphatic heterocycles. The zero-order chi connectivity index (χ0) is 22.1. The second-order valence-electron chi connectivity index (χ2n) is 7.75. The summed E-state index contributed by atoms with van der Waals surface area (Å²) in [7, 11) is 0. The normalized spacial score (nSPS) is 12.9. The molecule has 3 aromatic heterocycles. The van der Waals surface area contributed by atoms with Gasteiger partial charge in [0.05, 0.1) is 29.0 Å². The Balaban J connectivity index is 1.92. The fourth-order valence-electron chi connectivity index (χ4n) is 2.75.